The molecule has 0 spiro atoms. The smallest absolute Gasteiger partial charge is 0.371 e. The Kier molecular flexibility index (Phi) is 4.42. The van der Waals surface area contributed by atoms with Gasteiger partial charge in [0.2, 0.25) is 5.76 Å². The molecule has 1 atom stereocenters. The number of carboxylic acids is 1. The summed E-state index contributed by atoms with van der Waals surface area (Å²) >= 11 is 0. The van der Waals surface area contributed by atoms with Crippen molar-refractivity contribution in [2.45, 2.75) is 26.4 Å². The van der Waals surface area contributed by atoms with Gasteiger partial charge in [-0.15, -0.1) is 0 Å². The Hall–Kier alpha value is -2.56. The van der Waals surface area contributed by atoms with Crippen LogP contribution in [0.15, 0.2) is 40.8 Å². The number of rotatable bonds is 6. The number of benzene rings is 1. The van der Waals surface area contributed by atoms with Crippen molar-refractivity contribution in [1.29, 1.82) is 0 Å². The summed E-state index contributed by atoms with van der Waals surface area (Å²) in [5.74, 6) is -0.142. The van der Waals surface area contributed by atoms with Gasteiger partial charge >= 0.3 is 5.97 Å². The van der Waals surface area contributed by atoms with Crippen molar-refractivity contribution in [1.82, 2.24) is 0 Å². The number of carboxylic acid groups (broad SMARTS) is 1. The van der Waals surface area contributed by atoms with Gasteiger partial charge in [0.25, 0.3) is 0 Å². The zero-order chi connectivity index (χ0) is 15.4. The van der Waals surface area contributed by atoms with Gasteiger partial charge in [0, 0.05) is 12.0 Å². The topological polar surface area (TPSA) is 76.7 Å². The summed E-state index contributed by atoms with van der Waals surface area (Å²) in [7, 11) is 0. The molecule has 0 aliphatic rings. The number of carbonyl (C=O) groups excluding carboxylic acids is 1. The molecule has 2 rings (SSSR count). The molecular weight excluding hydrogens is 272 g/mol. The minimum atomic E-state index is -1.11. The van der Waals surface area contributed by atoms with Crippen molar-refractivity contribution in [3.05, 3.63) is 53.5 Å². The fraction of sp³-hybridized carbons (Fsp3) is 0.250. The molecule has 5 heteroatoms. The second-order valence-electron chi connectivity index (χ2n) is 4.57. The van der Waals surface area contributed by atoms with E-state index in [-0.39, 0.29) is 11.5 Å². The van der Waals surface area contributed by atoms with Crippen LogP contribution in [0.5, 0.6) is 5.75 Å². The minimum Gasteiger partial charge on any atom is -0.483 e. The van der Waals surface area contributed by atoms with E-state index in [1.807, 2.05) is 6.92 Å². The van der Waals surface area contributed by atoms with E-state index >= 15 is 0 Å². The van der Waals surface area contributed by atoms with E-state index in [1.54, 1.807) is 37.3 Å². The Morgan fingerprint density at radius 3 is 2.38 bits per heavy atom. The summed E-state index contributed by atoms with van der Waals surface area (Å²) in [5, 5.41) is 8.81. The quantitative estimate of drug-likeness (QED) is 0.820. The Balaban J connectivity index is 2.06. The number of ketones is 1. The first kappa shape index (κ1) is 14.8. The maximum absolute atomic E-state index is 11.5. The Morgan fingerprint density at radius 2 is 1.86 bits per heavy atom. The Labute approximate surface area is 122 Å². The lowest BCUT2D eigenvalue weighted by atomic mass is 10.1. The maximum atomic E-state index is 11.5. The van der Waals surface area contributed by atoms with Crippen LogP contribution in [0.4, 0.5) is 0 Å². The van der Waals surface area contributed by atoms with E-state index in [2.05, 4.69) is 0 Å². The van der Waals surface area contributed by atoms with Crippen molar-refractivity contribution < 1.29 is 23.8 Å². The molecule has 1 N–H and O–H groups in total. The SMILES string of the molecule is CCC(=O)c1ccc(OC(C)c2ccc(C(=O)O)o2)cc1. The highest BCUT2D eigenvalue weighted by molar-refractivity contribution is 5.95. The molecule has 0 bridgehead atoms. The van der Waals surface area contributed by atoms with Crippen LogP contribution in [0.3, 0.4) is 0 Å². The molecule has 5 nitrogen and oxygen atoms in total. The number of Topliss-reactive ketones (excluding diaryl/α,β-unsaturated/α-hetero) is 1. The summed E-state index contributed by atoms with van der Waals surface area (Å²) < 4.78 is 10.8. The summed E-state index contributed by atoms with van der Waals surface area (Å²) in [4.78, 5) is 22.3. The van der Waals surface area contributed by atoms with E-state index in [9.17, 15) is 9.59 Å². The first-order valence-electron chi connectivity index (χ1n) is 6.64. The molecule has 0 aliphatic carbocycles. The zero-order valence-electron chi connectivity index (χ0n) is 11.8. The average molecular weight is 288 g/mol. The molecule has 0 radical (unpaired) electrons. The van der Waals surface area contributed by atoms with E-state index in [0.717, 1.165) is 0 Å². The number of aromatic carboxylic acids is 1. The lowest BCUT2D eigenvalue weighted by molar-refractivity contribution is 0.0655. The molecule has 1 heterocycles. The van der Waals surface area contributed by atoms with Gasteiger partial charge in [0.15, 0.2) is 11.9 Å². The van der Waals surface area contributed by atoms with Gasteiger partial charge in [-0.05, 0) is 43.3 Å². The Bertz CT molecular complexity index is 639. The van der Waals surface area contributed by atoms with Crippen molar-refractivity contribution in [2.75, 3.05) is 0 Å². The lowest BCUT2D eigenvalue weighted by Gasteiger charge is -2.12. The van der Waals surface area contributed by atoms with Gasteiger partial charge in [-0.25, -0.2) is 4.79 Å². The van der Waals surface area contributed by atoms with Gasteiger partial charge in [-0.3, -0.25) is 4.79 Å². The number of hydrogen-bond donors (Lipinski definition) is 1. The monoisotopic (exact) mass is 288 g/mol. The molecule has 0 saturated heterocycles. The molecule has 1 unspecified atom stereocenters. The molecule has 1 aromatic carbocycles. The van der Waals surface area contributed by atoms with E-state index in [0.29, 0.717) is 23.5 Å². The fourth-order valence-electron chi connectivity index (χ4n) is 1.87. The second kappa shape index (κ2) is 6.26. The number of furan rings is 1. The van der Waals surface area contributed by atoms with E-state index in [1.165, 1.54) is 6.07 Å². The normalized spacial score (nSPS) is 11.9. The first-order valence-corrected chi connectivity index (χ1v) is 6.64. The van der Waals surface area contributed by atoms with Crippen LogP contribution in [-0.4, -0.2) is 16.9 Å². The van der Waals surface area contributed by atoms with Crippen LogP contribution < -0.4 is 4.74 Å². The van der Waals surface area contributed by atoms with Crippen LogP contribution in [-0.2, 0) is 0 Å². The predicted molar refractivity (Wildman–Crippen MR) is 75.8 cm³/mol. The molecule has 0 amide bonds. The molecule has 110 valence electrons. The average Bonchev–Trinajstić information content (AvgIpc) is 2.97. The van der Waals surface area contributed by atoms with Crippen LogP contribution >= 0.6 is 0 Å². The molecule has 0 fully saturated rings. The molecule has 2 aromatic rings. The molecular formula is C16H16O5. The highest BCUT2D eigenvalue weighted by Crippen LogP contribution is 2.24. The maximum Gasteiger partial charge on any atom is 0.371 e. The third-order valence-electron chi connectivity index (χ3n) is 3.05. The third kappa shape index (κ3) is 3.51. The summed E-state index contributed by atoms with van der Waals surface area (Å²) in [6, 6.07) is 9.79. The van der Waals surface area contributed by atoms with Gasteiger partial charge in [-0.1, -0.05) is 6.92 Å². The predicted octanol–water partition coefficient (Wildman–Crippen LogP) is 3.71. The molecule has 1 aromatic heterocycles. The lowest BCUT2D eigenvalue weighted by Crippen LogP contribution is -2.03. The van der Waals surface area contributed by atoms with Crippen molar-refractivity contribution in [3.63, 3.8) is 0 Å². The van der Waals surface area contributed by atoms with Crippen molar-refractivity contribution in [3.8, 4) is 5.75 Å². The van der Waals surface area contributed by atoms with Crippen LogP contribution in [0, 0.1) is 0 Å². The third-order valence-corrected chi connectivity index (χ3v) is 3.05. The second-order valence-corrected chi connectivity index (χ2v) is 4.57. The van der Waals surface area contributed by atoms with Crippen molar-refractivity contribution in [2.24, 2.45) is 0 Å². The summed E-state index contributed by atoms with van der Waals surface area (Å²) in [6.07, 6.45) is 0.0341. The minimum absolute atomic E-state index is 0.0757. The van der Waals surface area contributed by atoms with Crippen LogP contribution in [0.25, 0.3) is 0 Å². The Morgan fingerprint density at radius 1 is 1.19 bits per heavy atom. The number of ether oxygens (including phenoxy) is 1. The summed E-state index contributed by atoms with van der Waals surface area (Å²) in [6.45, 7) is 3.57. The standard InChI is InChI=1S/C16H16O5/c1-3-13(17)11-4-6-12(7-5-11)20-10(2)14-8-9-15(21-14)16(18)19/h4-10H,3H2,1-2H3,(H,18,19). The first-order chi connectivity index (χ1) is 10.0. The van der Waals surface area contributed by atoms with Gasteiger partial charge in [0.05, 0.1) is 0 Å². The molecule has 0 saturated carbocycles. The van der Waals surface area contributed by atoms with E-state index in [4.69, 9.17) is 14.3 Å². The highest BCUT2D eigenvalue weighted by Gasteiger charge is 2.15. The van der Waals surface area contributed by atoms with Crippen molar-refractivity contribution >= 4 is 11.8 Å². The van der Waals surface area contributed by atoms with Gasteiger partial charge < -0.3 is 14.3 Å². The van der Waals surface area contributed by atoms with Crippen LogP contribution in [0.2, 0.25) is 0 Å². The highest BCUT2D eigenvalue weighted by atomic mass is 16.5. The molecule has 0 aliphatic heterocycles. The summed E-state index contributed by atoms with van der Waals surface area (Å²) in [5.41, 5.74) is 0.642. The largest absolute Gasteiger partial charge is 0.483 e. The zero-order valence-corrected chi connectivity index (χ0v) is 11.8. The van der Waals surface area contributed by atoms with Gasteiger partial charge in [-0.2, -0.15) is 0 Å². The van der Waals surface area contributed by atoms with Gasteiger partial charge in [0.1, 0.15) is 11.5 Å². The van der Waals surface area contributed by atoms with Crippen LogP contribution in [0.1, 0.15) is 53.0 Å². The number of carbonyl (C=O) groups is 2. The molecule has 21 heavy (non-hydrogen) atoms. The fourth-order valence-corrected chi connectivity index (χ4v) is 1.87. The number of hydrogen-bond acceptors (Lipinski definition) is 4. The van der Waals surface area contributed by atoms with E-state index < -0.39 is 12.1 Å².